The van der Waals surface area contributed by atoms with E-state index < -0.39 is 16.0 Å². The predicted molar refractivity (Wildman–Crippen MR) is 116 cm³/mol. The molecule has 6 nitrogen and oxygen atoms in total. The van der Waals surface area contributed by atoms with E-state index in [-0.39, 0.29) is 4.90 Å². The average Bonchev–Trinajstić information content (AvgIpc) is 2.68. The number of hydrogen-bond donors (Lipinski definition) is 1. The van der Waals surface area contributed by atoms with Gasteiger partial charge >= 0.3 is 5.97 Å². The van der Waals surface area contributed by atoms with Gasteiger partial charge in [0.05, 0.1) is 10.5 Å². The summed E-state index contributed by atoms with van der Waals surface area (Å²) in [4.78, 5) is 14.5. The smallest absolute Gasteiger partial charge is 0.338 e. The topological polar surface area (TPSA) is 75.7 Å². The number of hydrogen-bond acceptors (Lipinski definition) is 5. The minimum Gasteiger partial charge on any atom is -0.461 e. The fraction of sp³-hybridized carbons (Fsp3) is 0.381. The number of aryl methyl sites for hydroxylation is 2. The summed E-state index contributed by atoms with van der Waals surface area (Å²) < 4.78 is 33.2. The number of ether oxygens (including phenoxy) is 1. The van der Waals surface area contributed by atoms with Gasteiger partial charge in [0, 0.05) is 17.3 Å². The normalized spacial score (nSPS) is 11.5. The highest BCUT2D eigenvalue weighted by Crippen LogP contribution is 2.25. The zero-order valence-corrected chi connectivity index (χ0v) is 18.7. The summed E-state index contributed by atoms with van der Waals surface area (Å²) in [5.41, 5.74) is 1.96. The third kappa shape index (κ3) is 6.19. The van der Waals surface area contributed by atoms with Crippen molar-refractivity contribution in [2.75, 3.05) is 31.0 Å². The van der Waals surface area contributed by atoms with Crippen molar-refractivity contribution in [3.63, 3.8) is 0 Å². The van der Waals surface area contributed by atoms with Gasteiger partial charge in [-0.1, -0.05) is 25.4 Å². The molecule has 2 rings (SSSR count). The summed E-state index contributed by atoms with van der Waals surface area (Å²) in [6.45, 7) is 10.3. The zero-order chi connectivity index (χ0) is 21.6. The number of benzene rings is 2. The lowest BCUT2D eigenvalue weighted by atomic mass is 10.2. The van der Waals surface area contributed by atoms with Crippen LogP contribution in [0.15, 0.2) is 41.3 Å². The van der Waals surface area contributed by atoms with Crippen LogP contribution in [0.5, 0.6) is 0 Å². The van der Waals surface area contributed by atoms with Gasteiger partial charge in [-0.15, -0.1) is 0 Å². The van der Waals surface area contributed by atoms with Crippen LogP contribution in [0, 0.1) is 13.8 Å². The Kier molecular flexibility index (Phi) is 8.07. The van der Waals surface area contributed by atoms with Gasteiger partial charge in [-0.05, 0) is 74.5 Å². The van der Waals surface area contributed by atoms with Crippen molar-refractivity contribution >= 4 is 33.3 Å². The second-order valence-electron chi connectivity index (χ2n) is 6.71. The van der Waals surface area contributed by atoms with E-state index in [4.69, 9.17) is 16.3 Å². The number of nitrogens with one attached hydrogen (secondary N) is 1. The maximum atomic E-state index is 12.7. The average molecular weight is 439 g/mol. The van der Waals surface area contributed by atoms with Gasteiger partial charge in [-0.2, -0.15) is 0 Å². The van der Waals surface area contributed by atoms with E-state index in [1.165, 1.54) is 24.3 Å². The molecule has 0 spiro atoms. The number of anilines is 1. The van der Waals surface area contributed by atoms with Crippen LogP contribution in [0.3, 0.4) is 0 Å². The van der Waals surface area contributed by atoms with Crippen LogP contribution in [0.2, 0.25) is 5.02 Å². The predicted octanol–water partition coefficient (Wildman–Crippen LogP) is 4.26. The second kappa shape index (κ2) is 10.1. The standard InChI is InChI=1S/C21H27ClN2O4S/c1-5-24(6-2)11-12-28-21(25)17-7-9-18(10-8-17)23-29(26,27)20-14-15(3)19(22)13-16(20)4/h7-10,13-14,23H,5-6,11-12H2,1-4H3. The van der Waals surface area contributed by atoms with Gasteiger partial charge in [0.2, 0.25) is 0 Å². The van der Waals surface area contributed by atoms with Crippen molar-refractivity contribution in [1.82, 2.24) is 4.90 Å². The number of esters is 1. The number of sulfonamides is 1. The Bertz CT molecular complexity index is 955. The molecule has 29 heavy (non-hydrogen) atoms. The van der Waals surface area contributed by atoms with E-state index in [1.807, 2.05) is 0 Å². The van der Waals surface area contributed by atoms with E-state index >= 15 is 0 Å². The quantitative estimate of drug-likeness (QED) is 0.592. The number of carbonyl (C=O) groups is 1. The Morgan fingerprint density at radius 1 is 1.07 bits per heavy atom. The molecule has 0 bridgehead atoms. The van der Waals surface area contributed by atoms with Crippen molar-refractivity contribution in [2.24, 2.45) is 0 Å². The molecule has 1 N–H and O–H groups in total. The zero-order valence-electron chi connectivity index (χ0n) is 17.2. The first-order chi connectivity index (χ1) is 13.7. The van der Waals surface area contributed by atoms with Gasteiger partial charge in [0.15, 0.2) is 0 Å². The first-order valence-electron chi connectivity index (χ1n) is 9.47. The molecule has 0 amide bonds. The first kappa shape index (κ1) is 23.2. The molecule has 158 valence electrons. The first-order valence-corrected chi connectivity index (χ1v) is 11.3. The highest BCUT2D eigenvalue weighted by molar-refractivity contribution is 7.92. The molecule has 0 fully saturated rings. The SMILES string of the molecule is CCN(CC)CCOC(=O)c1ccc(NS(=O)(=O)c2cc(C)c(Cl)cc2C)cc1. The summed E-state index contributed by atoms with van der Waals surface area (Å²) in [6, 6.07) is 9.33. The summed E-state index contributed by atoms with van der Waals surface area (Å²) >= 11 is 6.05. The van der Waals surface area contributed by atoms with Crippen LogP contribution >= 0.6 is 11.6 Å². The summed E-state index contributed by atoms with van der Waals surface area (Å²) in [6.07, 6.45) is 0. The third-order valence-electron chi connectivity index (χ3n) is 4.65. The van der Waals surface area contributed by atoms with Crippen LogP contribution in [0.4, 0.5) is 5.69 Å². The molecule has 8 heteroatoms. The molecule has 0 atom stereocenters. The van der Waals surface area contributed by atoms with E-state index in [0.717, 1.165) is 13.1 Å². The molecular formula is C21H27ClN2O4S. The Morgan fingerprint density at radius 2 is 1.69 bits per heavy atom. The van der Waals surface area contributed by atoms with Crippen LogP contribution < -0.4 is 4.72 Å². The maximum Gasteiger partial charge on any atom is 0.338 e. The van der Waals surface area contributed by atoms with Crippen molar-refractivity contribution in [2.45, 2.75) is 32.6 Å². The molecule has 0 heterocycles. The molecule has 0 saturated carbocycles. The molecule has 0 aliphatic heterocycles. The van der Waals surface area contributed by atoms with Crippen molar-refractivity contribution in [1.29, 1.82) is 0 Å². The highest BCUT2D eigenvalue weighted by atomic mass is 35.5. The van der Waals surface area contributed by atoms with Gasteiger partial charge in [-0.3, -0.25) is 4.72 Å². The summed E-state index contributed by atoms with van der Waals surface area (Å²) in [5, 5.41) is 0.519. The Labute approximate surface area is 177 Å². The maximum absolute atomic E-state index is 12.7. The van der Waals surface area contributed by atoms with Gasteiger partial charge < -0.3 is 9.64 Å². The minimum absolute atomic E-state index is 0.166. The monoisotopic (exact) mass is 438 g/mol. The largest absolute Gasteiger partial charge is 0.461 e. The Hall–Kier alpha value is -2.09. The van der Waals surface area contributed by atoms with Gasteiger partial charge in [-0.25, -0.2) is 13.2 Å². The lowest BCUT2D eigenvalue weighted by molar-refractivity contribution is 0.0466. The fourth-order valence-corrected chi connectivity index (χ4v) is 4.41. The van der Waals surface area contributed by atoms with E-state index in [0.29, 0.717) is 40.6 Å². The molecule has 0 aromatic heterocycles. The Balaban J connectivity index is 2.05. The van der Waals surface area contributed by atoms with Crippen molar-refractivity contribution < 1.29 is 17.9 Å². The highest BCUT2D eigenvalue weighted by Gasteiger charge is 2.19. The number of carbonyl (C=O) groups excluding carboxylic acids is 1. The van der Waals surface area contributed by atoms with E-state index in [2.05, 4.69) is 23.5 Å². The minimum atomic E-state index is -3.78. The molecule has 0 unspecified atom stereocenters. The molecule has 0 saturated heterocycles. The lowest BCUT2D eigenvalue weighted by Gasteiger charge is -2.17. The van der Waals surface area contributed by atoms with E-state index in [9.17, 15) is 13.2 Å². The second-order valence-corrected chi connectivity index (χ2v) is 8.77. The summed E-state index contributed by atoms with van der Waals surface area (Å²) in [5.74, 6) is -0.435. The molecule has 2 aromatic rings. The van der Waals surface area contributed by atoms with Crippen LogP contribution in [0.25, 0.3) is 0 Å². The van der Waals surface area contributed by atoms with Crippen LogP contribution in [-0.4, -0.2) is 45.5 Å². The molecule has 0 radical (unpaired) electrons. The Morgan fingerprint density at radius 3 is 2.28 bits per heavy atom. The summed E-state index contributed by atoms with van der Waals surface area (Å²) in [7, 11) is -3.78. The number of rotatable bonds is 9. The third-order valence-corrected chi connectivity index (χ3v) is 6.58. The van der Waals surface area contributed by atoms with Crippen LogP contribution in [-0.2, 0) is 14.8 Å². The molecule has 2 aromatic carbocycles. The van der Waals surface area contributed by atoms with Crippen molar-refractivity contribution in [3.8, 4) is 0 Å². The number of likely N-dealkylation sites (N-methyl/N-ethyl adjacent to an activating group) is 1. The lowest BCUT2D eigenvalue weighted by Crippen LogP contribution is -2.27. The number of nitrogens with zero attached hydrogens (tertiary/aromatic N) is 1. The van der Waals surface area contributed by atoms with Crippen LogP contribution in [0.1, 0.15) is 35.3 Å². The molecular weight excluding hydrogens is 412 g/mol. The molecule has 0 aliphatic carbocycles. The van der Waals surface area contributed by atoms with Crippen molar-refractivity contribution in [3.05, 3.63) is 58.1 Å². The van der Waals surface area contributed by atoms with Gasteiger partial charge in [0.25, 0.3) is 10.0 Å². The fourth-order valence-electron chi connectivity index (χ4n) is 2.82. The number of halogens is 1. The molecule has 0 aliphatic rings. The van der Waals surface area contributed by atoms with E-state index in [1.54, 1.807) is 26.0 Å². The van der Waals surface area contributed by atoms with Gasteiger partial charge in [0.1, 0.15) is 6.61 Å².